The van der Waals surface area contributed by atoms with E-state index in [-0.39, 0.29) is 5.56 Å². The molecule has 0 aliphatic heterocycles. The predicted molar refractivity (Wildman–Crippen MR) is 113 cm³/mol. The molecule has 30 heavy (non-hydrogen) atoms. The Morgan fingerprint density at radius 1 is 0.567 bits per heavy atom. The van der Waals surface area contributed by atoms with E-state index in [4.69, 9.17) is 0 Å². The van der Waals surface area contributed by atoms with Crippen LogP contribution < -0.4 is 0 Å². The van der Waals surface area contributed by atoms with Crippen LogP contribution in [0.15, 0.2) is 72.8 Å². The van der Waals surface area contributed by atoms with E-state index in [1.807, 2.05) is 67.6 Å². The smallest absolute Gasteiger partial charge is 0.194 e. The fourth-order valence-corrected chi connectivity index (χ4v) is 3.06. The van der Waals surface area contributed by atoms with Crippen molar-refractivity contribution in [2.75, 3.05) is 0 Å². The summed E-state index contributed by atoms with van der Waals surface area (Å²) in [6.07, 6.45) is 0. The zero-order chi connectivity index (χ0) is 21.1. The van der Waals surface area contributed by atoms with Gasteiger partial charge in [0, 0.05) is 22.3 Å². The van der Waals surface area contributed by atoms with Crippen LogP contribution in [0.1, 0.15) is 27.8 Å². The van der Waals surface area contributed by atoms with E-state index in [0.29, 0.717) is 5.56 Å². The first kappa shape index (κ1) is 19.4. The van der Waals surface area contributed by atoms with Gasteiger partial charge in [-0.2, -0.15) is 0 Å². The Labute approximate surface area is 173 Å². The Hall–Kier alpha value is -3.95. The summed E-state index contributed by atoms with van der Waals surface area (Å²) >= 11 is 0. The molecule has 0 atom stereocenters. The standard InChI is InChI=1S/C27H15F3/c1-18-6-8-19(9-7-18)10-12-21-14-15-22(24-5-3-2-4-23(21)24)13-11-20-16-25(28)27(30)26(29)17-20/h2-9,14-17H,1H3. The molecule has 0 N–H and O–H groups in total. The third kappa shape index (κ3) is 4.07. The van der Waals surface area contributed by atoms with Crippen molar-refractivity contribution in [1.82, 2.24) is 0 Å². The number of rotatable bonds is 0. The molecule has 0 amide bonds. The monoisotopic (exact) mass is 396 g/mol. The third-order valence-corrected chi connectivity index (χ3v) is 4.64. The number of benzene rings is 4. The Morgan fingerprint density at radius 2 is 1.07 bits per heavy atom. The summed E-state index contributed by atoms with van der Waals surface area (Å²) in [5, 5.41) is 1.81. The van der Waals surface area contributed by atoms with Crippen molar-refractivity contribution in [2.24, 2.45) is 0 Å². The second kappa shape index (κ2) is 8.19. The summed E-state index contributed by atoms with van der Waals surface area (Å²) in [5.41, 5.74) is 3.72. The second-order valence-electron chi connectivity index (χ2n) is 6.83. The van der Waals surface area contributed by atoms with Gasteiger partial charge in [-0.05, 0) is 54.1 Å². The topological polar surface area (TPSA) is 0 Å². The fraction of sp³-hybridized carbons (Fsp3) is 0.0370. The Bertz CT molecular complexity index is 1350. The average Bonchev–Trinajstić information content (AvgIpc) is 2.76. The molecule has 0 heterocycles. The molecule has 4 aromatic carbocycles. The molecule has 0 radical (unpaired) electrons. The molecule has 0 aliphatic carbocycles. The number of hydrogen-bond donors (Lipinski definition) is 0. The van der Waals surface area contributed by atoms with Crippen molar-refractivity contribution in [2.45, 2.75) is 6.92 Å². The van der Waals surface area contributed by atoms with Gasteiger partial charge >= 0.3 is 0 Å². The molecule has 0 spiro atoms. The van der Waals surface area contributed by atoms with E-state index in [2.05, 4.69) is 23.7 Å². The molecular weight excluding hydrogens is 381 g/mol. The highest BCUT2D eigenvalue weighted by molar-refractivity contribution is 5.93. The molecule has 0 nitrogen and oxygen atoms in total. The van der Waals surface area contributed by atoms with Gasteiger partial charge in [-0.3, -0.25) is 0 Å². The van der Waals surface area contributed by atoms with Crippen molar-refractivity contribution in [1.29, 1.82) is 0 Å². The van der Waals surface area contributed by atoms with Gasteiger partial charge < -0.3 is 0 Å². The summed E-state index contributed by atoms with van der Waals surface area (Å²) in [6.45, 7) is 2.03. The minimum atomic E-state index is -1.50. The highest BCUT2D eigenvalue weighted by Gasteiger charge is 2.09. The van der Waals surface area contributed by atoms with Gasteiger partial charge in [0.15, 0.2) is 17.5 Å². The van der Waals surface area contributed by atoms with E-state index in [0.717, 1.165) is 34.0 Å². The number of halogens is 3. The van der Waals surface area contributed by atoms with E-state index in [1.54, 1.807) is 0 Å². The lowest BCUT2D eigenvalue weighted by molar-refractivity contribution is 0.446. The maximum absolute atomic E-state index is 13.4. The van der Waals surface area contributed by atoms with Crippen molar-refractivity contribution in [3.8, 4) is 23.7 Å². The largest absolute Gasteiger partial charge is 0.204 e. The zero-order valence-electron chi connectivity index (χ0n) is 16.1. The van der Waals surface area contributed by atoms with Crippen molar-refractivity contribution < 1.29 is 13.2 Å². The Morgan fingerprint density at radius 3 is 1.60 bits per heavy atom. The van der Waals surface area contributed by atoms with Crippen LogP contribution in [0, 0.1) is 48.1 Å². The summed E-state index contributed by atoms with van der Waals surface area (Å²) in [7, 11) is 0. The summed E-state index contributed by atoms with van der Waals surface area (Å²) in [4.78, 5) is 0. The van der Waals surface area contributed by atoms with Crippen LogP contribution in [-0.2, 0) is 0 Å². The van der Waals surface area contributed by atoms with Crippen LogP contribution >= 0.6 is 0 Å². The van der Waals surface area contributed by atoms with Crippen LogP contribution in [0.2, 0.25) is 0 Å². The minimum absolute atomic E-state index is 0.0683. The van der Waals surface area contributed by atoms with Crippen molar-refractivity contribution >= 4 is 10.8 Å². The first-order valence-corrected chi connectivity index (χ1v) is 9.28. The second-order valence-corrected chi connectivity index (χ2v) is 6.83. The summed E-state index contributed by atoms with van der Waals surface area (Å²) in [6, 6.07) is 21.1. The Kier molecular flexibility index (Phi) is 5.29. The highest BCUT2D eigenvalue weighted by atomic mass is 19.2. The molecule has 0 unspecified atom stereocenters. The van der Waals surface area contributed by atoms with Gasteiger partial charge in [-0.15, -0.1) is 0 Å². The van der Waals surface area contributed by atoms with E-state index >= 15 is 0 Å². The lowest BCUT2D eigenvalue weighted by Gasteiger charge is -2.03. The molecule has 144 valence electrons. The number of aryl methyl sites for hydroxylation is 1. The zero-order valence-corrected chi connectivity index (χ0v) is 16.1. The maximum Gasteiger partial charge on any atom is 0.194 e. The van der Waals surface area contributed by atoms with Gasteiger partial charge in [-0.25, -0.2) is 13.2 Å². The normalized spacial score (nSPS) is 10.1. The molecular formula is C27H15F3. The first-order chi connectivity index (χ1) is 14.5. The van der Waals surface area contributed by atoms with E-state index in [1.165, 1.54) is 5.56 Å². The number of hydrogen-bond acceptors (Lipinski definition) is 0. The van der Waals surface area contributed by atoms with Crippen LogP contribution in [0.3, 0.4) is 0 Å². The highest BCUT2D eigenvalue weighted by Crippen LogP contribution is 2.22. The van der Waals surface area contributed by atoms with Gasteiger partial charge in [0.1, 0.15) is 0 Å². The third-order valence-electron chi connectivity index (χ3n) is 4.64. The quantitative estimate of drug-likeness (QED) is 0.239. The van der Waals surface area contributed by atoms with Gasteiger partial charge in [0.05, 0.1) is 0 Å². The van der Waals surface area contributed by atoms with E-state index < -0.39 is 17.5 Å². The predicted octanol–water partition coefficient (Wildman–Crippen LogP) is 6.37. The fourth-order valence-electron chi connectivity index (χ4n) is 3.06. The molecule has 4 aromatic rings. The molecule has 0 saturated carbocycles. The average molecular weight is 396 g/mol. The molecule has 0 aliphatic rings. The summed E-state index contributed by atoms with van der Waals surface area (Å²) < 4.78 is 40.0. The van der Waals surface area contributed by atoms with E-state index in [9.17, 15) is 13.2 Å². The molecule has 3 heteroatoms. The molecule has 0 aromatic heterocycles. The van der Waals surface area contributed by atoms with Crippen LogP contribution in [0.25, 0.3) is 10.8 Å². The maximum atomic E-state index is 13.4. The summed E-state index contributed by atoms with van der Waals surface area (Å²) in [5.74, 6) is 8.01. The van der Waals surface area contributed by atoms with Gasteiger partial charge in [0.25, 0.3) is 0 Å². The molecule has 4 rings (SSSR count). The lowest BCUT2D eigenvalue weighted by atomic mass is 9.99. The molecule has 0 fully saturated rings. The lowest BCUT2D eigenvalue weighted by Crippen LogP contribution is -1.92. The molecule has 0 saturated heterocycles. The van der Waals surface area contributed by atoms with Crippen molar-refractivity contribution in [3.05, 3.63) is 118 Å². The van der Waals surface area contributed by atoms with Crippen LogP contribution in [0.5, 0.6) is 0 Å². The number of fused-ring (bicyclic) bond motifs is 1. The Balaban J connectivity index is 1.75. The van der Waals surface area contributed by atoms with Crippen LogP contribution in [-0.4, -0.2) is 0 Å². The van der Waals surface area contributed by atoms with Crippen LogP contribution in [0.4, 0.5) is 13.2 Å². The SMILES string of the molecule is Cc1ccc(C#Cc2ccc(C#Cc3cc(F)c(F)c(F)c3)c3ccccc23)cc1. The molecule has 0 bridgehead atoms. The van der Waals surface area contributed by atoms with Gasteiger partial charge in [0.2, 0.25) is 0 Å². The first-order valence-electron chi connectivity index (χ1n) is 9.28. The van der Waals surface area contributed by atoms with Crippen molar-refractivity contribution in [3.63, 3.8) is 0 Å². The van der Waals surface area contributed by atoms with Gasteiger partial charge in [-0.1, -0.05) is 65.6 Å². The minimum Gasteiger partial charge on any atom is -0.204 e.